The number of carboxylic acids is 2. The molecule has 6 heteroatoms. The Hall–Kier alpha value is 0.186. The standard InChI is InChI=1S/2C3H4O2.Ca.Co.2H/c2*1-2-3(4)5;;;;/h2*2H,1H2,(H,4,5);;;;/q;;;+2;;/p-2. The molecule has 0 heterocycles. The van der Waals surface area contributed by atoms with Gasteiger partial charge < -0.3 is 19.8 Å². The Bertz CT molecular complexity index is 140. The molecule has 1 radical (unpaired) electrons. The second-order valence-electron chi connectivity index (χ2n) is 1.05. The van der Waals surface area contributed by atoms with E-state index in [1.807, 2.05) is 0 Å². The maximum Gasteiger partial charge on any atom is 2.00 e. The summed E-state index contributed by atoms with van der Waals surface area (Å²) in [6, 6.07) is 0. The molecule has 0 spiro atoms. The van der Waals surface area contributed by atoms with E-state index in [1.165, 1.54) is 0 Å². The molecule has 0 fully saturated rings. The van der Waals surface area contributed by atoms with Crippen LogP contribution in [0.4, 0.5) is 0 Å². The first-order valence-electron chi connectivity index (χ1n) is 2.21. The molecular weight excluding hydrogens is 235 g/mol. The van der Waals surface area contributed by atoms with Gasteiger partial charge in [0.1, 0.15) is 0 Å². The fourth-order valence-electron chi connectivity index (χ4n) is 0. The largest absolute Gasteiger partial charge is 2.00 e. The van der Waals surface area contributed by atoms with Crippen LogP contribution in [0.15, 0.2) is 25.3 Å². The summed E-state index contributed by atoms with van der Waals surface area (Å²) in [4.78, 5) is 18.3. The summed E-state index contributed by atoms with van der Waals surface area (Å²) in [7, 11) is 0. The zero-order valence-electron chi connectivity index (χ0n) is 5.54. The normalized spacial score (nSPS) is 5.33. The van der Waals surface area contributed by atoms with Crippen LogP contribution in [0.25, 0.3) is 0 Å². The minimum Gasteiger partial charge on any atom is 2.00 e. The average Bonchev–Trinajstić information content (AvgIpc) is 1.89. The van der Waals surface area contributed by atoms with Gasteiger partial charge in [-0.25, -0.2) is 0 Å². The van der Waals surface area contributed by atoms with E-state index in [1.54, 1.807) is 0 Å². The van der Waals surface area contributed by atoms with Crippen molar-refractivity contribution in [3.05, 3.63) is 25.3 Å². The summed E-state index contributed by atoms with van der Waals surface area (Å²) in [5, 5.41) is 18.3. The summed E-state index contributed by atoms with van der Waals surface area (Å²) in [6.07, 6.45) is 1.44. The van der Waals surface area contributed by atoms with Crippen LogP contribution in [0.1, 0.15) is 0 Å². The van der Waals surface area contributed by atoms with Gasteiger partial charge in [-0.3, -0.25) is 0 Å². The van der Waals surface area contributed by atoms with Gasteiger partial charge >= 0.3 is 54.5 Å². The number of hydrogen-bond donors (Lipinski definition) is 0. The van der Waals surface area contributed by atoms with Gasteiger partial charge in [0.05, 0.1) is 11.9 Å². The van der Waals surface area contributed by atoms with Crippen LogP contribution in [-0.4, -0.2) is 49.7 Å². The molecule has 0 bridgehead atoms. The van der Waals surface area contributed by atoms with E-state index in [0.717, 1.165) is 12.2 Å². The van der Waals surface area contributed by atoms with Crippen molar-refractivity contribution in [3.8, 4) is 0 Å². The Morgan fingerprint density at radius 1 is 1.00 bits per heavy atom. The van der Waals surface area contributed by atoms with Gasteiger partial charge in [0.25, 0.3) is 0 Å². The first kappa shape index (κ1) is 22.8. The fourth-order valence-corrected chi connectivity index (χ4v) is 0. The van der Waals surface area contributed by atoms with Crippen LogP contribution in [-0.2, 0) is 26.4 Å². The molecule has 0 saturated heterocycles. The number of aliphatic carboxylic acids is 2. The zero-order valence-corrected chi connectivity index (χ0v) is 6.58. The van der Waals surface area contributed by atoms with E-state index in [4.69, 9.17) is 19.8 Å². The van der Waals surface area contributed by atoms with Crippen molar-refractivity contribution in [1.29, 1.82) is 0 Å². The molecule has 0 atom stereocenters. The molecule has 4 nitrogen and oxygen atoms in total. The van der Waals surface area contributed by atoms with E-state index in [9.17, 15) is 0 Å². The molecule has 0 rings (SSSR count). The Balaban J connectivity index is -0.0000000457. The van der Waals surface area contributed by atoms with Crippen molar-refractivity contribution in [2.75, 3.05) is 0 Å². The van der Waals surface area contributed by atoms with Crippen LogP contribution in [0.5, 0.6) is 0 Å². The third kappa shape index (κ3) is 49.1. The molecule has 0 aliphatic rings. The molecule has 0 saturated carbocycles. The molecule has 0 N–H and O–H groups in total. The van der Waals surface area contributed by atoms with Gasteiger partial charge in [-0.1, -0.05) is 13.2 Å². The van der Waals surface area contributed by atoms with E-state index in [-0.39, 0.29) is 54.5 Å². The van der Waals surface area contributed by atoms with Crippen LogP contribution in [0.3, 0.4) is 0 Å². The Morgan fingerprint density at radius 2 is 1.08 bits per heavy atom. The number of rotatable bonds is 2. The summed E-state index contributed by atoms with van der Waals surface area (Å²) < 4.78 is 0. The minimum absolute atomic E-state index is 0. The molecule has 0 aliphatic heterocycles. The molecule has 0 unspecified atom stereocenters. The molecule has 0 aromatic carbocycles. The van der Waals surface area contributed by atoms with E-state index in [0.29, 0.717) is 0 Å². The molecule has 0 amide bonds. The zero-order chi connectivity index (χ0) is 8.57. The van der Waals surface area contributed by atoms with Crippen molar-refractivity contribution < 1.29 is 36.6 Å². The van der Waals surface area contributed by atoms with Crippen LogP contribution in [0.2, 0.25) is 0 Å². The maximum atomic E-state index is 9.14. The van der Waals surface area contributed by atoms with Gasteiger partial charge in [0.2, 0.25) is 0 Å². The quantitative estimate of drug-likeness (QED) is 0.380. The van der Waals surface area contributed by atoms with Gasteiger partial charge in [0, 0.05) is 0 Å². The Morgan fingerprint density at radius 3 is 1.08 bits per heavy atom. The van der Waals surface area contributed by atoms with E-state index >= 15 is 0 Å². The predicted octanol–water partition coefficient (Wildman–Crippen LogP) is -3.07. The van der Waals surface area contributed by atoms with Crippen molar-refractivity contribution in [3.63, 3.8) is 0 Å². The minimum atomic E-state index is -1.23. The monoisotopic (exact) mass is 243 g/mol. The van der Waals surface area contributed by atoms with Crippen molar-refractivity contribution >= 4 is 49.7 Å². The smallest absolute Gasteiger partial charge is 2.00 e. The van der Waals surface area contributed by atoms with Crippen LogP contribution >= 0.6 is 0 Å². The van der Waals surface area contributed by atoms with Gasteiger partial charge in [-0.15, -0.1) is 0 Å². The molecule has 0 aromatic heterocycles. The maximum absolute atomic E-state index is 9.14. The summed E-state index contributed by atoms with van der Waals surface area (Å²) in [5.74, 6) is -2.46. The SMILES string of the molecule is C=CC(=O)[O-].C=CC(=O)[O-].[CaH2].[Co+2]. The first-order valence-corrected chi connectivity index (χ1v) is 2.21. The topological polar surface area (TPSA) is 80.3 Å². The molecule has 12 heavy (non-hydrogen) atoms. The van der Waals surface area contributed by atoms with Crippen molar-refractivity contribution in [1.82, 2.24) is 0 Å². The van der Waals surface area contributed by atoms with Crippen LogP contribution < -0.4 is 10.2 Å². The van der Waals surface area contributed by atoms with Crippen molar-refractivity contribution in [2.24, 2.45) is 0 Å². The second kappa shape index (κ2) is 17.3. The van der Waals surface area contributed by atoms with Gasteiger partial charge in [-0.05, 0) is 12.2 Å². The second-order valence-corrected chi connectivity index (χ2v) is 1.05. The summed E-state index contributed by atoms with van der Waals surface area (Å²) >= 11 is 0. The Labute approximate surface area is 111 Å². The molecule has 67 valence electrons. The van der Waals surface area contributed by atoms with E-state index in [2.05, 4.69) is 13.2 Å². The average molecular weight is 243 g/mol. The third-order valence-electron chi connectivity index (χ3n) is 0.333. The number of carbonyl (C=O) groups excluding carboxylic acids is 2. The molecule has 0 aromatic rings. The van der Waals surface area contributed by atoms with Crippen LogP contribution in [0, 0.1) is 0 Å². The van der Waals surface area contributed by atoms with E-state index < -0.39 is 11.9 Å². The number of hydrogen-bond acceptors (Lipinski definition) is 4. The first-order chi connectivity index (χ1) is 4.54. The summed E-state index contributed by atoms with van der Waals surface area (Å²) in [5.41, 5.74) is 0. The number of carbonyl (C=O) groups is 2. The molecule has 0 aliphatic carbocycles. The Kier molecular flexibility index (Phi) is 32.8. The summed E-state index contributed by atoms with van der Waals surface area (Å²) in [6.45, 7) is 5.80. The fraction of sp³-hybridized carbons (Fsp3) is 0. The number of carboxylic acid groups (broad SMARTS) is 2. The predicted molar refractivity (Wildman–Crippen MR) is 39.0 cm³/mol. The van der Waals surface area contributed by atoms with Gasteiger partial charge in [-0.2, -0.15) is 0 Å². The third-order valence-corrected chi connectivity index (χ3v) is 0.333. The molecular formula is C6H8CaCoO4. The van der Waals surface area contributed by atoms with Crippen molar-refractivity contribution in [2.45, 2.75) is 0 Å². The van der Waals surface area contributed by atoms with Gasteiger partial charge in [0.15, 0.2) is 0 Å².